The number of thiazole rings is 1. The first kappa shape index (κ1) is 22.1. The summed E-state index contributed by atoms with van der Waals surface area (Å²) in [5, 5.41) is 18.8. The summed E-state index contributed by atoms with van der Waals surface area (Å²) in [6.45, 7) is 1.60. The third kappa shape index (κ3) is 5.13. The normalized spacial score (nSPS) is 10.3. The highest BCUT2D eigenvalue weighted by molar-refractivity contribution is 7.80. The van der Waals surface area contributed by atoms with Crippen LogP contribution in [-0.4, -0.2) is 35.1 Å². The van der Waals surface area contributed by atoms with Crippen LogP contribution in [0.25, 0.3) is 11.3 Å². The van der Waals surface area contributed by atoms with E-state index in [0.717, 1.165) is 5.56 Å². The van der Waals surface area contributed by atoms with Gasteiger partial charge in [-0.05, 0) is 43.4 Å². The van der Waals surface area contributed by atoms with Crippen molar-refractivity contribution in [1.82, 2.24) is 10.3 Å². The van der Waals surface area contributed by atoms with Gasteiger partial charge in [-0.15, -0.1) is 11.3 Å². The number of nitrogens with one attached hydrogen (secondary N) is 2. The maximum Gasteiger partial charge on any atom is 0.273 e. The van der Waals surface area contributed by atoms with E-state index in [9.17, 15) is 14.9 Å². The number of carbonyl (C=O) groups excluding carboxylic acids is 1. The Morgan fingerprint density at radius 2 is 1.90 bits per heavy atom. The van der Waals surface area contributed by atoms with Crippen molar-refractivity contribution < 1.29 is 19.2 Å². The Balaban J connectivity index is 1.68. The molecule has 0 fully saturated rings. The number of hydrogen-bond donors (Lipinski definition) is 2. The van der Waals surface area contributed by atoms with Gasteiger partial charge >= 0.3 is 0 Å². The number of thiocarbonyl (C=S) groups is 1. The van der Waals surface area contributed by atoms with Crippen molar-refractivity contribution in [1.29, 1.82) is 0 Å². The molecule has 2 N–H and O–H groups in total. The van der Waals surface area contributed by atoms with Gasteiger partial charge in [0.05, 0.1) is 24.8 Å². The minimum Gasteiger partial charge on any atom is -0.493 e. The van der Waals surface area contributed by atoms with E-state index in [2.05, 4.69) is 15.6 Å². The molecule has 0 aliphatic carbocycles. The molecule has 0 aliphatic heterocycles. The Labute approximate surface area is 187 Å². The fraction of sp³-hybridized carbons (Fsp3) is 0.150. The predicted molar refractivity (Wildman–Crippen MR) is 122 cm³/mol. The number of anilines is 1. The minimum atomic E-state index is -0.558. The van der Waals surface area contributed by atoms with Crippen LogP contribution in [0.4, 0.5) is 10.8 Å². The van der Waals surface area contributed by atoms with E-state index in [1.54, 1.807) is 27.2 Å². The summed E-state index contributed by atoms with van der Waals surface area (Å²) in [4.78, 5) is 27.4. The Morgan fingerprint density at radius 1 is 1.16 bits per heavy atom. The summed E-state index contributed by atoms with van der Waals surface area (Å²) in [6.07, 6.45) is 0. The Kier molecular flexibility index (Phi) is 6.78. The molecule has 1 heterocycles. The van der Waals surface area contributed by atoms with Crippen LogP contribution in [-0.2, 0) is 0 Å². The lowest BCUT2D eigenvalue weighted by molar-refractivity contribution is -0.385. The molecule has 0 spiro atoms. The van der Waals surface area contributed by atoms with Gasteiger partial charge < -0.3 is 14.8 Å². The number of ether oxygens (including phenoxy) is 2. The molecule has 0 unspecified atom stereocenters. The van der Waals surface area contributed by atoms with E-state index in [1.807, 2.05) is 17.5 Å². The largest absolute Gasteiger partial charge is 0.493 e. The zero-order chi connectivity index (χ0) is 22.5. The lowest BCUT2D eigenvalue weighted by Crippen LogP contribution is -2.34. The monoisotopic (exact) mass is 458 g/mol. The predicted octanol–water partition coefficient (Wildman–Crippen LogP) is 4.17. The summed E-state index contributed by atoms with van der Waals surface area (Å²) in [6, 6.07) is 9.67. The Morgan fingerprint density at radius 3 is 2.58 bits per heavy atom. The number of amides is 1. The van der Waals surface area contributed by atoms with Crippen LogP contribution in [0.1, 0.15) is 15.9 Å². The molecule has 1 aromatic heterocycles. The Bertz CT molecular complexity index is 1160. The first-order valence-corrected chi connectivity index (χ1v) is 10.2. The van der Waals surface area contributed by atoms with E-state index >= 15 is 0 Å². The van der Waals surface area contributed by atoms with E-state index in [0.29, 0.717) is 27.9 Å². The summed E-state index contributed by atoms with van der Waals surface area (Å²) < 4.78 is 10.5. The van der Waals surface area contributed by atoms with Gasteiger partial charge in [-0.2, -0.15) is 0 Å². The highest BCUT2D eigenvalue weighted by Crippen LogP contribution is 2.33. The van der Waals surface area contributed by atoms with Crippen LogP contribution >= 0.6 is 23.6 Å². The van der Waals surface area contributed by atoms with Crippen LogP contribution in [0, 0.1) is 17.0 Å². The molecule has 160 valence electrons. The number of rotatable bonds is 6. The van der Waals surface area contributed by atoms with Crippen LogP contribution < -0.4 is 20.1 Å². The van der Waals surface area contributed by atoms with Gasteiger partial charge in [0.15, 0.2) is 21.7 Å². The van der Waals surface area contributed by atoms with Gasteiger partial charge in [-0.1, -0.05) is 6.07 Å². The van der Waals surface area contributed by atoms with Gasteiger partial charge in [0.25, 0.3) is 11.6 Å². The van der Waals surface area contributed by atoms with Crippen LogP contribution in [0.15, 0.2) is 41.8 Å². The molecule has 9 nitrogen and oxygen atoms in total. The molecule has 0 bridgehead atoms. The number of nitrogens with zero attached hydrogens (tertiary/aromatic N) is 2. The fourth-order valence-electron chi connectivity index (χ4n) is 2.71. The Hall–Kier alpha value is -3.57. The van der Waals surface area contributed by atoms with E-state index in [-0.39, 0.29) is 16.4 Å². The van der Waals surface area contributed by atoms with Crippen molar-refractivity contribution in [2.24, 2.45) is 0 Å². The second-order valence-electron chi connectivity index (χ2n) is 6.27. The van der Waals surface area contributed by atoms with Gasteiger partial charge in [-0.3, -0.25) is 20.2 Å². The maximum absolute atomic E-state index is 12.4. The molecule has 3 rings (SSSR count). The maximum atomic E-state index is 12.4. The second kappa shape index (κ2) is 9.49. The number of aryl methyl sites for hydroxylation is 1. The van der Waals surface area contributed by atoms with Crippen molar-refractivity contribution in [3.63, 3.8) is 0 Å². The number of nitro benzene ring substituents is 1. The minimum absolute atomic E-state index is 0.0291. The van der Waals surface area contributed by atoms with Gasteiger partial charge in [0.1, 0.15) is 0 Å². The molecule has 2 aromatic carbocycles. The summed E-state index contributed by atoms with van der Waals surface area (Å²) in [7, 11) is 3.12. The zero-order valence-electron chi connectivity index (χ0n) is 16.8. The molecule has 31 heavy (non-hydrogen) atoms. The molecule has 0 aliphatic rings. The zero-order valence-corrected chi connectivity index (χ0v) is 18.4. The van der Waals surface area contributed by atoms with Crippen molar-refractivity contribution in [3.05, 3.63) is 63.0 Å². The van der Waals surface area contributed by atoms with Crippen LogP contribution in [0.5, 0.6) is 11.5 Å². The molecule has 0 saturated carbocycles. The van der Waals surface area contributed by atoms with Crippen LogP contribution in [0.2, 0.25) is 0 Å². The van der Waals surface area contributed by atoms with Gasteiger partial charge in [0, 0.05) is 28.1 Å². The summed E-state index contributed by atoms with van der Waals surface area (Å²) in [5.41, 5.74) is 1.98. The molecular weight excluding hydrogens is 440 g/mol. The first-order chi connectivity index (χ1) is 14.8. The molecule has 0 radical (unpaired) electrons. The van der Waals surface area contributed by atoms with E-state index < -0.39 is 10.8 Å². The quantitative estimate of drug-likeness (QED) is 0.321. The molecule has 3 aromatic rings. The summed E-state index contributed by atoms with van der Waals surface area (Å²) >= 11 is 6.48. The molecule has 1 amide bonds. The standard InChI is InChI=1S/C20H18N4O5S2/c1-11-4-5-13(8-15(11)24(26)27)18(25)22-19(30)23-20-21-14(10-31-20)12-6-7-16(28-2)17(9-12)29-3/h4-10H,1-3H3,(H2,21,22,23,25,30). The van der Waals surface area contributed by atoms with E-state index in [4.69, 9.17) is 21.7 Å². The molecule has 0 saturated heterocycles. The number of benzene rings is 2. The number of methoxy groups -OCH3 is 2. The third-order valence-corrected chi connectivity index (χ3v) is 5.26. The first-order valence-electron chi connectivity index (χ1n) is 8.87. The summed E-state index contributed by atoms with van der Waals surface area (Å²) in [5.74, 6) is 0.634. The average Bonchev–Trinajstić information content (AvgIpc) is 3.21. The average molecular weight is 459 g/mol. The smallest absolute Gasteiger partial charge is 0.273 e. The number of nitro groups is 1. The molecule has 11 heteroatoms. The fourth-order valence-corrected chi connectivity index (χ4v) is 3.69. The van der Waals surface area contributed by atoms with Crippen molar-refractivity contribution in [2.45, 2.75) is 6.92 Å². The number of hydrogen-bond acceptors (Lipinski definition) is 8. The lowest BCUT2D eigenvalue weighted by Gasteiger charge is -2.09. The number of carbonyl (C=O) groups is 1. The van der Waals surface area contributed by atoms with Gasteiger partial charge in [-0.25, -0.2) is 4.98 Å². The van der Waals surface area contributed by atoms with Crippen LogP contribution in [0.3, 0.4) is 0 Å². The molecular formula is C20H18N4O5S2. The van der Waals surface area contributed by atoms with Crippen molar-refractivity contribution in [3.8, 4) is 22.8 Å². The third-order valence-electron chi connectivity index (χ3n) is 4.30. The van der Waals surface area contributed by atoms with Crippen molar-refractivity contribution >= 4 is 45.4 Å². The van der Waals surface area contributed by atoms with E-state index in [1.165, 1.54) is 29.5 Å². The highest BCUT2D eigenvalue weighted by atomic mass is 32.1. The second-order valence-corrected chi connectivity index (χ2v) is 7.54. The van der Waals surface area contributed by atoms with Crippen molar-refractivity contribution in [2.75, 3.05) is 19.5 Å². The molecule has 0 atom stereocenters. The lowest BCUT2D eigenvalue weighted by atomic mass is 10.1. The topological polar surface area (TPSA) is 116 Å². The number of aromatic nitrogens is 1. The van der Waals surface area contributed by atoms with Gasteiger partial charge in [0.2, 0.25) is 0 Å². The SMILES string of the molecule is COc1ccc(-c2csc(NC(=S)NC(=O)c3ccc(C)c([N+](=O)[O-])c3)n2)cc1OC. The highest BCUT2D eigenvalue weighted by Gasteiger charge is 2.16.